The predicted molar refractivity (Wildman–Crippen MR) is 165 cm³/mol. The zero-order valence-electron chi connectivity index (χ0n) is 26.4. The number of nitrogens with one attached hydrogen (secondary N) is 1. The highest BCUT2D eigenvalue weighted by molar-refractivity contribution is 5.83. The number of esters is 1. The van der Waals surface area contributed by atoms with Gasteiger partial charge in [-0.15, -0.1) is 6.58 Å². The zero-order chi connectivity index (χ0) is 32.4. The van der Waals surface area contributed by atoms with Gasteiger partial charge in [0.1, 0.15) is 18.2 Å². The van der Waals surface area contributed by atoms with E-state index in [4.69, 9.17) is 9.47 Å². The Labute approximate surface area is 278 Å². The number of carbonyl (C=O) groups excluding carboxylic acids is 2. The second kappa shape index (κ2) is 14.1. The molecule has 6 rings (SSSR count). The minimum Gasteiger partial charge on any atom is -1.00 e. The van der Waals surface area contributed by atoms with E-state index < -0.39 is 35.5 Å². The number of halogens is 4. The molecule has 1 unspecified atom stereocenters. The molecule has 4 heterocycles. The van der Waals surface area contributed by atoms with Crippen LogP contribution in [0, 0.1) is 11.8 Å². The highest BCUT2D eigenvalue weighted by atomic mass is 79.9. The molecule has 0 spiro atoms. The highest BCUT2D eigenvalue weighted by Crippen LogP contribution is 2.49. The molecule has 3 aromatic rings. The molecular weight excluding hydrogens is 663 g/mol. The van der Waals surface area contributed by atoms with E-state index >= 15 is 0 Å². The fraction of sp³-hybridized carbons (Fsp3) is 0.457. The quantitative estimate of drug-likeness (QED) is 0.204. The molecule has 3 aliphatic rings. The summed E-state index contributed by atoms with van der Waals surface area (Å²) in [6.07, 6.45) is -0.542. The summed E-state index contributed by atoms with van der Waals surface area (Å²) >= 11 is 0. The molecule has 11 heteroatoms. The van der Waals surface area contributed by atoms with Crippen molar-refractivity contribution in [3.05, 3.63) is 90.1 Å². The SMILES string of the molecule is C=C[C@H]1C[N+]2(Cc3cccc(C(F)(F)F)c3)CC[C@H]1C[C@@H]2[C@@H](OC(=O)CCNC(=O)OC(C)(C)C)c1ccnc2ccccc12.[Br-]. The van der Waals surface area contributed by atoms with Crippen LogP contribution in [0.5, 0.6) is 0 Å². The van der Waals surface area contributed by atoms with E-state index in [1.165, 1.54) is 12.1 Å². The largest absolute Gasteiger partial charge is 1.00 e. The number of amides is 1. The number of alkyl carbamates (subject to hydrolysis) is 1. The summed E-state index contributed by atoms with van der Waals surface area (Å²) in [7, 11) is 0. The van der Waals surface area contributed by atoms with E-state index in [1.807, 2.05) is 36.4 Å². The van der Waals surface area contributed by atoms with Crippen molar-refractivity contribution in [3.8, 4) is 0 Å². The molecule has 7 nitrogen and oxygen atoms in total. The summed E-state index contributed by atoms with van der Waals surface area (Å²) in [6.45, 7) is 11.2. The Morgan fingerprint density at radius 2 is 1.89 bits per heavy atom. The lowest BCUT2D eigenvalue weighted by atomic mass is 9.71. The maximum Gasteiger partial charge on any atom is 0.416 e. The Morgan fingerprint density at radius 3 is 2.61 bits per heavy atom. The summed E-state index contributed by atoms with van der Waals surface area (Å²) in [6, 6.07) is 14.8. The molecule has 248 valence electrons. The van der Waals surface area contributed by atoms with Crippen molar-refractivity contribution in [1.29, 1.82) is 0 Å². The molecule has 1 amide bonds. The number of alkyl halides is 3. The van der Waals surface area contributed by atoms with Gasteiger partial charge in [0.25, 0.3) is 0 Å². The molecule has 3 aliphatic heterocycles. The molecule has 1 N–H and O–H groups in total. The predicted octanol–water partition coefficient (Wildman–Crippen LogP) is 4.37. The number of hydrogen-bond donors (Lipinski definition) is 1. The Balaban J connectivity index is 0.00000480. The number of benzene rings is 2. The third-order valence-electron chi connectivity index (χ3n) is 9.02. The second-order valence-corrected chi connectivity index (χ2v) is 13.2. The fourth-order valence-electron chi connectivity index (χ4n) is 7.07. The monoisotopic (exact) mass is 703 g/mol. The van der Waals surface area contributed by atoms with Crippen molar-refractivity contribution < 1.29 is 53.7 Å². The van der Waals surface area contributed by atoms with Crippen molar-refractivity contribution in [2.45, 2.75) is 70.5 Å². The van der Waals surface area contributed by atoms with Crippen molar-refractivity contribution in [2.75, 3.05) is 19.6 Å². The first-order valence-electron chi connectivity index (χ1n) is 15.4. The Kier molecular flexibility index (Phi) is 10.9. The van der Waals surface area contributed by atoms with Gasteiger partial charge >= 0.3 is 18.2 Å². The summed E-state index contributed by atoms with van der Waals surface area (Å²) in [5.74, 6) is 0.0265. The smallest absolute Gasteiger partial charge is 0.416 e. The van der Waals surface area contributed by atoms with Gasteiger partial charge in [-0.25, -0.2) is 4.79 Å². The number of fused-ring (bicyclic) bond motifs is 4. The topological polar surface area (TPSA) is 77.5 Å². The lowest BCUT2D eigenvalue weighted by molar-refractivity contribution is -0.984. The van der Waals surface area contributed by atoms with Gasteiger partial charge in [-0.3, -0.25) is 9.78 Å². The maximum absolute atomic E-state index is 13.7. The van der Waals surface area contributed by atoms with E-state index in [0.29, 0.717) is 29.1 Å². The van der Waals surface area contributed by atoms with Crippen LogP contribution < -0.4 is 22.3 Å². The van der Waals surface area contributed by atoms with E-state index in [9.17, 15) is 22.8 Å². The molecule has 2 aromatic carbocycles. The van der Waals surface area contributed by atoms with Gasteiger partial charge in [-0.05, 0) is 51.0 Å². The molecule has 46 heavy (non-hydrogen) atoms. The van der Waals surface area contributed by atoms with Gasteiger partial charge < -0.3 is 36.3 Å². The van der Waals surface area contributed by atoms with Crippen LogP contribution in [-0.4, -0.2) is 52.8 Å². The average molecular weight is 705 g/mol. The van der Waals surface area contributed by atoms with Crippen LogP contribution in [0.2, 0.25) is 0 Å². The number of hydrogen-bond acceptors (Lipinski definition) is 5. The normalized spacial score (nSPS) is 23.2. The Morgan fingerprint density at radius 1 is 1.13 bits per heavy atom. The number of nitrogens with zero attached hydrogens (tertiary/aromatic N) is 2. The number of carbonyl (C=O) groups is 2. The van der Waals surface area contributed by atoms with E-state index in [0.717, 1.165) is 41.9 Å². The Bertz CT molecular complexity index is 1550. The van der Waals surface area contributed by atoms with Crippen molar-refractivity contribution in [2.24, 2.45) is 11.8 Å². The number of rotatable bonds is 9. The van der Waals surface area contributed by atoms with Crippen molar-refractivity contribution >= 4 is 23.0 Å². The molecule has 3 saturated heterocycles. The highest BCUT2D eigenvalue weighted by Gasteiger charge is 2.55. The number of ether oxygens (including phenoxy) is 2. The summed E-state index contributed by atoms with van der Waals surface area (Å²) in [4.78, 5) is 30.1. The van der Waals surface area contributed by atoms with E-state index in [1.54, 1.807) is 33.0 Å². The van der Waals surface area contributed by atoms with Crippen LogP contribution in [0.3, 0.4) is 0 Å². The van der Waals surface area contributed by atoms with Crippen LogP contribution in [0.25, 0.3) is 10.9 Å². The summed E-state index contributed by atoms with van der Waals surface area (Å²) in [5, 5.41) is 3.46. The average Bonchev–Trinajstić information content (AvgIpc) is 2.98. The first kappa shape index (κ1) is 35.4. The third-order valence-corrected chi connectivity index (χ3v) is 9.02. The number of piperidine rings is 3. The molecule has 2 bridgehead atoms. The minimum atomic E-state index is -4.45. The molecule has 3 fully saturated rings. The molecule has 1 aromatic heterocycles. The minimum absolute atomic E-state index is 0. The van der Waals surface area contributed by atoms with Crippen LogP contribution in [0.4, 0.5) is 18.0 Å². The van der Waals surface area contributed by atoms with Crippen LogP contribution in [-0.2, 0) is 27.0 Å². The van der Waals surface area contributed by atoms with Crippen LogP contribution >= 0.6 is 0 Å². The molecule has 0 aliphatic carbocycles. The lowest BCUT2D eigenvalue weighted by Crippen LogP contribution is -3.00. The van der Waals surface area contributed by atoms with Gasteiger partial charge in [-0.1, -0.05) is 36.4 Å². The van der Waals surface area contributed by atoms with E-state index in [-0.39, 0.29) is 41.9 Å². The fourth-order valence-corrected chi connectivity index (χ4v) is 7.07. The van der Waals surface area contributed by atoms with Crippen molar-refractivity contribution in [1.82, 2.24) is 10.3 Å². The first-order valence-corrected chi connectivity index (χ1v) is 15.4. The third kappa shape index (κ3) is 8.09. The Hall–Kier alpha value is -3.44. The van der Waals surface area contributed by atoms with Crippen LogP contribution in [0.15, 0.2) is 73.4 Å². The maximum atomic E-state index is 13.7. The lowest BCUT2D eigenvalue weighted by Gasteiger charge is -2.58. The van der Waals surface area contributed by atoms with Gasteiger partial charge in [-0.2, -0.15) is 13.2 Å². The molecular formula is C35H41BrF3N3O4. The van der Waals surface area contributed by atoms with Crippen molar-refractivity contribution in [3.63, 3.8) is 0 Å². The zero-order valence-corrected chi connectivity index (χ0v) is 27.9. The van der Waals surface area contributed by atoms with E-state index in [2.05, 4.69) is 16.9 Å². The number of quaternary nitrogens is 1. The summed E-state index contributed by atoms with van der Waals surface area (Å²) in [5.41, 5.74) is 0.801. The first-order chi connectivity index (χ1) is 21.3. The van der Waals surface area contributed by atoms with Crippen LogP contribution in [0.1, 0.15) is 62.8 Å². The van der Waals surface area contributed by atoms with Gasteiger partial charge in [0, 0.05) is 48.0 Å². The van der Waals surface area contributed by atoms with Gasteiger partial charge in [0.05, 0.1) is 30.6 Å². The molecule has 0 saturated carbocycles. The standard InChI is InChI=1S/C35H40F3N3O4.BrH/c1-5-24-22-41(21-23-9-8-10-26(19-23)35(36,37)38)18-15-25(24)20-30(41)32(28-13-16-39-29-12-7-6-11-27(28)29)44-31(42)14-17-40-33(43)45-34(2,3)4;/h5-13,16,19,24-25,30,32H,1,14-15,17-18,20-22H2,2-4H3;1H/t24-,25-,30+,32-,41?;/m0./s1. The molecule has 0 radical (unpaired) electrons. The second-order valence-electron chi connectivity index (χ2n) is 13.2. The summed E-state index contributed by atoms with van der Waals surface area (Å²) < 4.78 is 53.1. The number of aromatic nitrogens is 1. The molecule has 5 atom stereocenters. The van der Waals surface area contributed by atoms with Gasteiger partial charge in [0.2, 0.25) is 0 Å². The number of pyridine rings is 1. The van der Waals surface area contributed by atoms with Gasteiger partial charge in [0.15, 0.2) is 6.10 Å². The number of para-hydroxylation sites is 1.